The molecule has 20 heavy (non-hydrogen) atoms. The molecular formula is C12H15N7S. The predicted molar refractivity (Wildman–Crippen MR) is 77.1 cm³/mol. The van der Waals surface area contributed by atoms with Crippen LogP contribution in [-0.2, 0) is 7.05 Å². The Morgan fingerprint density at radius 1 is 1.35 bits per heavy atom. The molecule has 7 nitrogen and oxygen atoms in total. The number of thioether (sulfide) groups is 1. The van der Waals surface area contributed by atoms with E-state index < -0.39 is 0 Å². The summed E-state index contributed by atoms with van der Waals surface area (Å²) in [4.78, 5) is 15.7. The van der Waals surface area contributed by atoms with E-state index in [2.05, 4.69) is 25.0 Å². The lowest BCUT2D eigenvalue weighted by Crippen LogP contribution is -2.22. The van der Waals surface area contributed by atoms with Crippen LogP contribution in [0.25, 0.3) is 11.2 Å². The van der Waals surface area contributed by atoms with E-state index in [0.717, 1.165) is 16.1 Å². The highest BCUT2D eigenvalue weighted by Crippen LogP contribution is 2.37. The van der Waals surface area contributed by atoms with Crippen LogP contribution in [0.4, 0.5) is 0 Å². The highest BCUT2D eigenvalue weighted by atomic mass is 32.2. The van der Waals surface area contributed by atoms with Crippen LogP contribution >= 0.6 is 11.8 Å². The molecule has 3 aromatic rings. The van der Waals surface area contributed by atoms with Crippen molar-refractivity contribution in [3.63, 3.8) is 0 Å². The number of rotatable bonds is 4. The summed E-state index contributed by atoms with van der Waals surface area (Å²) in [5, 5.41) is 5.13. The fraction of sp³-hybridized carbons (Fsp3) is 0.333. The lowest BCUT2D eigenvalue weighted by atomic mass is 10.1. The van der Waals surface area contributed by atoms with Crippen molar-refractivity contribution in [2.75, 3.05) is 0 Å². The second-order valence-corrected chi connectivity index (χ2v) is 5.76. The van der Waals surface area contributed by atoms with E-state index in [4.69, 9.17) is 5.73 Å². The van der Waals surface area contributed by atoms with Gasteiger partial charge in [0.05, 0.1) is 17.8 Å². The SMILES string of the molecule is CC(N)C(Sc1ncnc2nc[nH]c12)c1cnn(C)c1. The van der Waals surface area contributed by atoms with Gasteiger partial charge in [0.2, 0.25) is 0 Å². The first kappa shape index (κ1) is 13.1. The molecule has 0 amide bonds. The van der Waals surface area contributed by atoms with Crippen molar-refractivity contribution in [2.45, 2.75) is 23.2 Å². The number of aromatic amines is 1. The number of nitrogens with two attached hydrogens (primary N) is 1. The van der Waals surface area contributed by atoms with Gasteiger partial charge in [-0.2, -0.15) is 5.10 Å². The van der Waals surface area contributed by atoms with Crippen LogP contribution in [0.1, 0.15) is 17.7 Å². The van der Waals surface area contributed by atoms with Gasteiger partial charge >= 0.3 is 0 Å². The molecule has 0 fully saturated rings. The molecule has 0 aliphatic carbocycles. The second-order valence-electron chi connectivity index (χ2n) is 4.62. The van der Waals surface area contributed by atoms with Gasteiger partial charge in [-0.1, -0.05) is 11.8 Å². The molecule has 0 radical (unpaired) electrons. The quantitative estimate of drug-likeness (QED) is 0.554. The van der Waals surface area contributed by atoms with Crippen LogP contribution in [0.15, 0.2) is 30.1 Å². The summed E-state index contributed by atoms with van der Waals surface area (Å²) in [6, 6.07) is -0.0304. The van der Waals surface area contributed by atoms with Gasteiger partial charge in [-0.25, -0.2) is 15.0 Å². The van der Waals surface area contributed by atoms with Gasteiger partial charge < -0.3 is 10.7 Å². The maximum atomic E-state index is 6.12. The Labute approximate surface area is 120 Å². The molecule has 0 saturated carbocycles. The summed E-state index contributed by atoms with van der Waals surface area (Å²) < 4.78 is 1.77. The van der Waals surface area contributed by atoms with Crippen molar-refractivity contribution >= 4 is 22.9 Å². The molecule has 3 heterocycles. The molecule has 2 atom stereocenters. The van der Waals surface area contributed by atoms with Gasteiger partial charge in [0.25, 0.3) is 0 Å². The maximum absolute atomic E-state index is 6.12. The summed E-state index contributed by atoms with van der Waals surface area (Å²) in [6.45, 7) is 1.98. The van der Waals surface area contributed by atoms with Crippen molar-refractivity contribution in [2.24, 2.45) is 12.8 Å². The molecule has 0 aliphatic heterocycles. The Balaban J connectivity index is 1.96. The van der Waals surface area contributed by atoms with E-state index in [0.29, 0.717) is 5.65 Å². The summed E-state index contributed by atoms with van der Waals surface area (Å²) in [5.74, 6) is 0. The molecule has 0 saturated heterocycles. The molecule has 3 rings (SSSR count). The first-order valence-corrected chi connectivity index (χ1v) is 7.08. The largest absolute Gasteiger partial charge is 0.341 e. The topological polar surface area (TPSA) is 98.3 Å². The minimum absolute atomic E-state index is 0.0304. The molecule has 104 valence electrons. The van der Waals surface area contributed by atoms with Crippen LogP contribution < -0.4 is 5.73 Å². The summed E-state index contributed by atoms with van der Waals surface area (Å²) >= 11 is 1.60. The average Bonchev–Trinajstić information content (AvgIpc) is 3.04. The molecule has 2 unspecified atom stereocenters. The molecule has 0 aromatic carbocycles. The zero-order chi connectivity index (χ0) is 14.1. The van der Waals surface area contributed by atoms with E-state index in [1.807, 2.05) is 26.4 Å². The van der Waals surface area contributed by atoms with Crippen molar-refractivity contribution in [1.82, 2.24) is 29.7 Å². The zero-order valence-corrected chi connectivity index (χ0v) is 12.0. The Morgan fingerprint density at radius 2 is 2.20 bits per heavy atom. The lowest BCUT2D eigenvalue weighted by Gasteiger charge is -2.18. The number of nitrogens with zero attached hydrogens (tertiary/aromatic N) is 5. The summed E-state index contributed by atoms with van der Waals surface area (Å²) in [5.41, 5.74) is 8.70. The van der Waals surface area contributed by atoms with Crippen molar-refractivity contribution in [3.8, 4) is 0 Å². The van der Waals surface area contributed by atoms with E-state index in [-0.39, 0.29) is 11.3 Å². The fourth-order valence-corrected chi connectivity index (χ4v) is 3.11. The van der Waals surface area contributed by atoms with Gasteiger partial charge in [0.1, 0.15) is 16.9 Å². The predicted octanol–water partition coefficient (Wildman–Crippen LogP) is 1.27. The number of hydrogen-bond acceptors (Lipinski definition) is 6. The van der Waals surface area contributed by atoms with Gasteiger partial charge in [0.15, 0.2) is 5.65 Å². The van der Waals surface area contributed by atoms with Crippen molar-refractivity contribution in [1.29, 1.82) is 0 Å². The molecule has 3 aromatic heterocycles. The molecular weight excluding hydrogens is 274 g/mol. The van der Waals surface area contributed by atoms with E-state index in [9.17, 15) is 0 Å². The zero-order valence-electron chi connectivity index (χ0n) is 11.2. The first-order valence-electron chi connectivity index (χ1n) is 6.20. The average molecular weight is 289 g/mol. The monoisotopic (exact) mass is 289 g/mol. The molecule has 0 bridgehead atoms. The Hall–Kier alpha value is -1.93. The third kappa shape index (κ3) is 2.39. The smallest absolute Gasteiger partial charge is 0.181 e. The standard InChI is InChI=1S/C12H15N7S/c1-7(13)10(8-3-18-19(2)4-8)20-12-9-11(15-5-14-9)16-6-17-12/h3-7,10H,13H2,1-2H3,(H,14,15,16,17). The van der Waals surface area contributed by atoms with Crippen molar-refractivity contribution in [3.05, 3.63) is 30.6 Å². The number of H-pyrrole nitrogens is 1. The number of fused-ring (bicyclic) bond motifs is 1. The highest BCUT2D eigenvalue weighted by Gasteiger charge is 2.21. The fourth-order valence-electron chi connectivity index (χ4n) is 2.02. The molecule has 3 N–H and O–H groups in total. The Kier molecular flexibility index (Phi) is 3.41. The summed E-state index contributed by atoms with van der Waals surface area (Å²) in [6.07, 6.45) is 6.96. The van der Waals surface area contributed by atoms with Crippen LogP contribution in [0.3, 0.4) is 0 Å². The van der Waals surface area contributed by atoms with E-state index in [1.54, 1.807) is 22.8 Å². The van der Waals surface area contributed by atoms with Crippen LogP contribution in [0.2, 0.25) is 0 Å². The molecule has 0 aliphatic rings. The van der Waals surface area contributed by atoms with Gasteiger partial charge in [-0.15, -0.1) is 0 Å². The van der Waals surface area contributed by atoms with Gasteiger partial charge in [-0.05, 0) is 6.92 Å². The van der Waals surface area contributed by atoms with E-state index in [1.165, 1.54) is 6.33 Å². The van der Waals surface area contributed by atoms with Crippen LogP contribution in [0, 0.1) is 0 Å². The minimum atomic E-state index is -0.0304. The van der Waals surface area contributed by atoms with Crippen molar-refractivity contribution < 1.29 is 0 Å². The molecule has 0 spiro atoms. The Bertz CT molecular complexity index is 717. The number of aryl methyl sites for hydroxylation is 1. The normalized spacial score (nSPS) is 14.6. The summed E-state index contributed by atoms with van der Waals surface area (Å²) in [7, 11) is 1.89. The van der Waals surface area contributed by atoms with E-state index >= 15 is 0 Å². The number of aromatic nitrogens is 6. The third-order valence-corrected chi connectivity index (χ3v) is 4.45. The van der Waals surface area contributed by atoms with Crippen LogP contribution in [-0.4, -0.2) is 35.8 Å². The Morgan fingerprint density at radius 3 is 2.90 bits per heavy atom. The lowest BCUT2D eigenvalue weighted by molar-refractivity contribution is 0.717. The second kappa shape index (κ2) is 5.22. The third-order valence-electron chi connectivity index (χ3n) is 2.96. The first-order chi connectivity index (χ1) is 9.65. The number of nitrogens with one attached hydrogen (secondary N) is 1. The number of hydrogen-bond donors (Lipinski definition) is 2. The minimum Gasteiger partial charge on any atom is -0.341 e. The van der Waals surface area contributed by atoms with Crippen LogP contribution in [0.5, 0.6) is 0 Å². The molecule has 8 heteroatoms. The van der Waals surface area contributed by atoms with Gasteiger partial charge in [0, 0.05) is 24.8 Å². The maximum Gasteiger partial charge on any atom is 0.181 e. The number of imidazole rings is 1. The van der Waals surface area contributed by atoms with Gasteiger partial charge in [-0.3, -0.25) is 4.68 Å². The highest BCUT2D eigenvalue weighted by molar-refractivity contribution is 7.99.